The van der Waals surface area contributed by atoms with Crippen LogP contribution in [0.4, 0.5) is 0 Å². The molecule has 22 aromatic rings. The highest BCUT2D eigenvalue weighted by Crippen LogP contribution is 2.58. The van der Waals surface area contributed by atoms with E-state index in [1.807, 2.05) is 60.7 Å². The van der Waals surface area contributed by atoms with Gasteiger partial charge in [-0.25, -0.2) is 39.9 Å². The molecule has 0 fully saturated rings. The van der Waals surface area contributed by atoms with E-state index in [0.29, 0.717) is 34.9 Å². The minimum atomic E-state index is -0.143. The minimum Gasteiger partial charge on any atom is -0.228 e. The number of nitrogens with zero attached hydrogens (tertiary/aromatic N) is 8. The van der Waals surface area contributed by atoms with E-state index in [2.05, 4.69) is 419 Å². The number of benzene rings is 19. The second kappa shape index (κ2) is 32.7. The Labute approximate surface area is 792 Å². The number of aromatic nitrogens is 8. The SMILES string of the molecule is CC1(C)c2ccccc2-c2c1cc1ccccc1c2-c1nc(-c2ccccc2)nc(-c2ccc(-c3ccccc3)cc2)n1.CC1(C)c2ccccc2-c2ccc(-c3nc(-c4ccccc4)nc(-c4cccc(-c5c6c(cc7ccccc57)C(C)(C)c5ccccc5-6)c4)n3)cc21.CC1(C)c2ccccc2-c2ccc3c(-c4ccc(-c5nc(-c6ccccc6)c6ccccc6n5)cc4)cccc3c21. The third-order valence-corrected chi connectivity index (χ3v) is 28.9. The highest BCUT2D eigenvalue weighted by Gasteiger charge is 2.42. The van der Waals surface area contributed by atoms with Crippen LogP contribution in [0.2, 0.25) is 0 Å². The van der Waals surface area contributed by atoms with Crippen molar-refractivity contribution in [2.24, 2.45) is 0 Å². The van der Waals surface area contributed by atoms with E-state index in [9.17, 15) is 0 Å². The summed E-state index contributed by atoms with van der Waals surface area (Å²) in [6, 6.07) is 151. The molecule has 19 aromatic carbocycles. The molecule has 136 heavy (non-hydrogen) atoms. The fourth-order valence-electron chi connectivity index (χ4n) is 22.1. The Morgan fingerprint density at radius 1 is 0.154 bits per heavy atom. The van der Waals surface area contributed by atoms with E-state index >= 15 is 0 Å². The average Bonchev–Trinajstić information content (AvgIpc) is 1.53. The smallest absolute Gasteiger partial charge is 0.165 e. The molecule has 3 aromatic heterocycles. The topological polar surface area (TPSA) is 103 Å². The van der Waals surface area contributed by atoms with Crippen LogP contribution in [0.15, 0.2) is 425 Å². The summed E-state index contributed by atoms with van der Waals surface area (Å²) in [6.07, 6.45) is 0. The standard InChI is InChI=1S/C49H37N3.C40H29N3.C39H28N2/c1-48(2)39-23-12-10-21-36(39)37-26-25-34(29-41(37)48)47-51-45(30-15-6-5-7-16-30)50-46(52-47)33-19-14-18-32(27-33)43-35-20-9-8-17-31(35)28-42-44(43)38-22-11-13-24-40(38)49(42,3)4;1-40(2)33-20-12-11-19-32(33)35-34(40)25-30-17-9-10-18-31(30)36(35)39-42-37(28-15-7-4-8-16-28)41-38(43-39)29-23-21-27(22-24-29)26-13-5-3-6-14-26;1-39(2)34-17-8-6-13-30(34)32-24-23-29-28(15-10-16-31(29)36(32)39)25-19-21-27(22-20-25)38-40-35-18-9-7-14-33(35)37(41-38)26-11-4-3-5-12-26/h5-29H,1-4H3;3-25H,1-2H3;3-24H,1-2H3. The predicted octanol–water partition coefficient (Wildman–Crippen LogP) is 32.4. The zero-order valence-electron chi connectivity index (χ0n) is 77.0. The van der Waals surface area contributed by atoms with Crippen molar-refractivity contribution in [2.45, 2.75) is 77.0 Å². The molecule has 0 saturated carbocycles. The van der Waals surface area contributed by atoms with E-state index in [0.717, 1.165) is 83.4 Å². The number of hydrogen-bond donors (Lipinski definition) is 0. The van der Waals surface area contributed by atoms with Gasteiger partial charge in [0.05, 0.1) is 11.2 Å². The summed E-state index contributed by atoms with van der Waals surface area (Å²) in [5.41, 5.74) is 37.9. The average molecular weight is 1740 g/mol. The molecule has 0 unspecified atom stereocenters. The van der Waals surface area contributed by atoms with Gasteiger partial charge in [-0.15, -0.1) is 0 Å². The molecule has 646 valence electrons. The lowest BCUT2D eigenvalue weighted by Crippen LogP contribution is -2.15. The Hall–Kier alpha value is -16.7. The Balaban J connectivity index is 0.000000113. The Morgan fingerprint density at radius 2 is 0.493 bits per heavy atom. The summed E-state index contributed by atoms with van der Waals surface area (Å²) in [5, 5.41) is 8.50. The van der Waals surface area contributed by atoms with Gasteiger partial charge >= 0.3 is 0 Å². The first-order valence-corrected chi connectivity index (χ1v) is 47.0. The summed E-state index contributed by atoms with van der Waals surface area (Å²) >= 11 is 0. The van der Waals surface area contributed by atoms with Crippen LogP contribution >= 0.6 is 0 Å². The van der Waals surface area contributed by atoms with Crippen molar-refractivity contribution >= 4 is 43.2 Å². The monoisotopic (exact) mass is 1740 g/mol. The van der Waals surface area contributed by atoms with Crippen molar-refractivity contribution in [2.75, 3.05) is 0 Å². The van der Waals surface area contributed by atoms with Crippen LogP contribution in [-0.2, 0) is 21.7 Å². The first-order chi connectivity index (χ1) is 66.5. The van der Waals surface area contributed by atoms with Gasteiger partial charge in [-0.05, 0) is 185 Å². The van der Waals surface area contributed by atoms with E-state index in [-0.39, 0.29) is 21.7 Å². The number of para-hydroxylation sites is 1. The summed E-state index contributed by atoms with van der Waals surface area (Å²) in [4.78, 5) is 40.9. The minimum absolute atomic E-state index is 0.0438. The molecule has 8 heteroatoms. The fraction of sp³-hybridized carbons (Fsp3) is 0.0938. The normalized spacial score (nSPS) is 13.7. The Morgan fingerprint density at radius 3 is 1.06 bits per heavy atom. The highest BCUT2D eigenvalue weighted by atomic mass is 15.0. The van der Waals surface area contributed by atoms with Crippen LogP contribution < -0.4 is 0 Å². The van der Waals surface area contributed by atoms with Gasteiger partial charge in [0, 0.05) is 71.6 Å². The van der Waals surface area contributed by atoms with E-state index in [1.165, 1.54) is 138 Å². The molecule has 0 amide bonds. The molecule has 0 spiro atoms. The second-order valence-electron chi connectivity index (χ2n) is 38.3. The third kappa shape index (κ3) is 13.9. The van der Waals surface area contributed by atoms with Gasteiger partial charge in [0.25, 0.3) is 0 Å². The molecular formula is C128H94N8. The summed E-state index contributed by atoms with van der Waals surface area (Å²) in [5.74, 6) is 4.75. The fourth-order valence-corrected chi connectivity index (χ4v) is 22.1. The zero-order chi connectivity index (χ0) is 91.7. The van der Waals surface area contributed by atoms with Gasteiger partial charge in [0.15, 0.2) is 40.8 Å². The highest BCUT2D eigenvalue weighted by molar-refractivity contribution is 6.11. The maximum Gasteiger partial charge on any atom is 0.165 e. The molecule has 4 aliphatic rings. The number of rotatable bonds is 11. The van der Waals surface area contributed by atoms with Crippen molar-refractivity contribution in [1.29, 1.82) is 0 Å². The molecule has 0 aliphatic heterocycles. The molecule has 3 heterocycles. The lowest BCUT2D eigenvalue weighted by atomic mass is 9.79. The van der Waals surface area contributed by atoms with Crippen LogP contribution in [-0.4, -0.2) is 39.9 Å². The van der Waals surface area contributed by atoms with Crippen LogP contribution in [0, 0.1) is 0 Å². The molecule has 0 saturated heterocycles. The van der Waals surface area contributed by atoms with Crippen molar-refractivity contribution in [3.05, 3.63) is 469 Å². The maximum atomic E-state index is 5.23. The molecule has 0 N–H and O–H groups in total. The zero-order valence-corrected chi connectivity index (χ0v) is 77.0. The molecular weight excluding hydrogens is 1650 g/mol. The van der Waals surface area contributed by atoms with Gasteiger partial charge in [-0.2, -0.15) is 0 Å². The van der Waals surface area contributed by atoms with Crippen LogP contribution in [0.3, 0.4) is 0 Å². The summed E-state index contributed by atoms with van der Waals surface area (Å²) in [7, 11) is 0. The lowest BCUT2D eigenvalue weighted by Gasteiger charge is -2.23. The molecule has 0 bridgehead atoms. The van der Waals surface area contributed by atoms with Crippen LogP contribution in [0.5, 0.6) is 0 Å². The first-order valence-electron chi connectivity index (χ1n) is 47.0. The van der Waals surface area contributed by atoms with Gasteiger partial charge in [-0.1, -0.05) is 450 Å². The van der Waals surface area contributed by atoms with Gasteiger partial charge in [0.2, 0.25) is 0 Å². The largest absolute Gasteiger partial charge is 0.228 e. The Kier molecular flexibility index (Phi) is 19.8. The lowest BCUT2D eigenvalue weighted by molar-refractivity contribution is 0.660. The number of hydrogen-bond acceptors (Lipinski definition) is 8. The second-order valence-corrected chi connectivity index (χ2v) is 38.3. The molecule has 4 aliphatic carbocycles. The molecule has 8 nitrogen and oxygen atoms in total. The quantitative estimate of drug-likeness (QED) is 0.126. The summed E-state index contributed by atoms with van der Waals surface area (Å²) in [6.45, 7) is 18.7. The number of fused-ring (bicyclic) bond motifs is 17. The third-order valence-electron chi connectivity index (χ3n) is 28.9. The first kappa shape index (κ1) is 82.5. The van der Waals surface area contributed by atoms with E-state index in [4.69, 9.17) is 39.9 Å². The molecule has 0 radical (unpaired) electrons. The van der Waals surface area contributed by atoms with Crippen molar-refractivity contribution in [1.82, 2.24) is 39.9 Å². The van der Waals surface area contributed by atoms with Crippen molar-refractivity contribution in [3.63, 3.8) is 0 Å². The molecule has 26 rings (SSSR count). The van der Waals surface area contributed by atoms with E-state index < -0.39 is 0 Å². The van der Waals surface area contributed by atoms with Crippen LogP contribution in [0.25, 0.3) is 212 Å². The predicted molar refractivity (Wildman–Crippen MR) is 562 cm³/mol. The van der Waals surface area contributed by atoms with Crippen LogP contribution in [0.1, 0.15) is 99.9 Å². The Bertz CT molecular complexity index is 8560. The van der Waals surface area contributed by atoms with Crippen molar-refractivity contribution in [3.8, 4) is 169 Å². The van der Waals surface area contributed by atoms with Gasteiger partial charge in [0.1, 0.15) is 0 Å². The van der Waals surface area contributed by atoms with E-state index in [1.54, 1.807) is 0 Å². The van der Waals surface area contributed by atoms with Gasteiger partial charge < -0.3 is 0 Å². The maximum absolute atomic E-state index is 5.23. The molecule has 0 atom stereocenters. The van der Waals surface area contributed by atoms with Crippen molar-refractivity contribution < 1.29 is 0 Å². The van der Waals surface area contributed by atoms with Gasteiger partial charge in [-0.3, -0.25) is 0 Å². The summed E-state index contributed by atoms with van der Waals surface area (Å²) < 4.78 is 0.